The number of carboxylic acid groups (broad SMARTS) is 1. The first kappa shape index (κ1) is 13.0. The van der Waals surface area contributed by atoms with Gasteiger partial charge in [0.1, 0.15) is 11.4 Å². The highest BCUT2D eigenvalue weighted by atomic mass is 32.2. The van der Waals surface area contributed by atoms with E-state index in [1.807, 2.05) is 20.8 Å². The molecule has 1 N–H and O–H groups in total. The highest BCUT2D eigenvalue weighted by Gasteiger charge is 2.27. The summed E-state index contributed by atoms with van der Waals surface area (Å²) in [5.41, 5.74) is -0.625. The van der Waals surface area contributed by atoms with Crippen molar-refractivity contribution < 1.29 is 19.2 Å². The molecule has 0 aliphatic rings. The molecule has 0 bridgehead atoms. The van der Waals surface area contributed by atoms with Crippen LogP contribution in [0.25, 0.3) is 0 Å². The summed E-state index contributed by atoms with van der Waals surface area (Å²) in [5.74, 6) is -0.604. The molecule has 0 atom stereocenters. The number of aliphatic carboxylic acids is 1. The molecule has 0 saturated heterocycles. The number of carbonyl (C=O) groups is 1. The van der Waals surface area contributed by atoms with Gasteiger partial charge in [-0.3, -0.25) is 4.79 Å². The molecular formula is C9H14N2O4S. The maximum atomic E-state index is 10.3. The molecule has 0 aliphatic carbocycles. The number of carboxylic acids is 1. The van der Waals surface area contributed by atoms with Crippen molar-refractivity contribution in [3.63, 3.8) is 0 Å². The van der Waals surface area contributed by atoms with Gasteiger partial charge in [-0.2, -0.15) is 4.98 Å². The number of nitrogens with zero attached hydrogens (tertiary/aromatic N) is 2. The Balaban J connectivity index is 2.67. The topological polar surface area (TPSA) is 85.5 Å². The third kappa shape index (κ3) is 3.49. The molecule has 7 heteroatoms. The smallest absolute Gasteiger partial charge is 0.314 e. The minimum absolute atomic E-state index is 0.100. The highest BCUT2D eigenvalue weighted by Crippen LogP contribution is 2.24. The molecule has 1 aromatic heterocycles. The quantitative estimate of drug-likeness (QED) is 0.761. The van der Waals surface area contributed by atoms with Crippen molar-refractivity contribution in [2.45, 2.75) is 31.6 Å². The summed E-state index contributed by atoms with van der Waals surface area (Å²) in [4.78, 5) is 14.4. The van der Waals surface area contributed by atoms with E-state index in [0.29, 0.717) is 12.4 Å². The largest absolute Gasteiger partial charge is 0.481 e. The predicted molar refractivity (Wildman–Crippen MR) is 57.3 cm³/mol. The van der Waals surface area contributed by atoms with E-state index >= 15 is 0 Å². The fraction of sp³-hybridized carbons (Fsp3) is 0.667. The monoisotopic (exact) mass is 246 g/mol. The molecule has 0 aromatic carbocycles. The van der Waals surface area contributed by atoms with Crippen molar-refractivity contribution in [2.24, 2.45) is 0 Å². The summed E-state index contributed by atoms with van der Waals surface area (Å²) >= 11 is 0.988. The standard InChI is InChI=1S/C9H14N2O4S/c1-4-14-9(2,3)7-10-8(15-11-7)16-5-6(12)13/h4-5H2,1-3H3,(H,12,13). The summed E-state index contributed by atoms with van der Waals surface area (Å²) in [5, 5.41) is 12.5. The Morgan fingerprint density at radius 2 is 2.31 bits per heavy atom. The van der Waals surface area contributed by atoms with Crippen molar-refractivity contribution in [1.29, 1.82) is 0 Å². The SMILES string of the molecule is CCOC(C)(C)c1noc(SCC(=O)O)n1. The molecule has 1 aromatic rings. The van der Waals surface area contributed by atoms with E-state index in [1.54, 1.807) is 0 Å². The van der Waals surface area contributed by atoms with E-state index in [2.05, 4.69) is 10.1 Å². The Kier molecular flexibility index (Phi) is 4.31. The van der Waals surface area contributed by atoms with E-state index < -0.39 is 11.6 Å². The van der Waals surface area contributed by atoms with Gasteiger partial charge in [-0.1, -0.05) is 16.9 Å². The van der Waals surface area contributed by atoms with Crippen LogP contribution in [-0.4, -0.2) is 33.6 Å². The van der Waals surface area contributed by atoms with Crippen LogP contribution in [0.15, 0.2) is 9.75 Å². The van der Waals surface area contributed by atoms with Crippen molar-refractivity contribution in [3.05, 3.63) is 5.82 Å². The van der Waals surface area contributed by atoms with E-state index in [4.69, 9.17) is 14.4 Å². The van der Waals surface area contributed by atoms with Gasteiger partial charge in [-0.25, -0.2) is 0 Å². The van der Waals surface area contributed by atoms with Gasteiger partial charge in [0.2, 0.25) is 5.82 Å². The Bertz CT molecular complexity index is 364. The molecule has 6 nitrogen and oxygen atoms in total. The van der Waals surface area contributed by atoms with Crippen molar-refractivity contribution in [2.75, 3.05) is 12.4 Å². The van der Waals surface area contributed by atoms with E-state index in [9.17, 15) is 4.79 Å². The van der Waals surface area contributed by atoms with Crippen molar-refractivity contribution in [3.8, 4) is 0 Å². The van der Waals surface area contributed by atoms with Gasteiger partial charge in [0.05, 0.1) is 0 Å². The molecule has 1 rings (SSSR count). The van der Waals surface area contributed by atoms with Gasteiger partial charge >= 0.3 is 5.97 Å². The number of hydrogen-bond acceptors (Lipinski definition) is 6. The third-order valence-electron chi connectivity index (χ3n) is 1.77. The van der Waals surface area contributed by atoms with Crippen LogP contribution < -0.4 is 0 Å². The number of thioether (sulfide) groups is 1. The lowest BCUT2D eigenvalue weighted by Gasteiger charge is -2.19. The lowest BCUT2D eigenvalue weighted by molar-refractivity contribution is -0.133. The average molecular weight is 246 g/mol. The Morgan fingerprint density at radius 3 is 2.88 bits per heavy atom. The van der Waals surface area contributed by atoms with Crippen LogP contribution in [0.3, 0.4) is 0 Å². The van der Waals surface area contributed by atoms with E-state index in [0.717, 1.165) is 11.8 Å². The fourth-order valence-corrected chi connectivity index (χ4v) is 1.55. The maximum absolute atomic E-state index is 10.3. The summed E-state index contributed by atoms with van der Waals surface area (Å²) < 4.78 is 10.3. The molecule has 0 fully saturated rings. The summed E-state index contributed by atoms with van der Waals surface area (Å²) in [6.45, 7) is 6.07. The molecule has 0 saturated carbocycles. The molecule has 90 valence electrons. The van der Waals surface area contributed by atoms with Crippen LogP contribution in [0, 0.1) is 0 Å². The summed E-state index contributed by atoms with van der Waals surface area (Å²) in [6.07, 6.45) is 0. The van der Waals surface area contributed by atoms with Crippen molar-refractivity contribution in [1.82, 2.24) is 10.1 Å². The van der Waals surface area contributed by atoms with Crippen LogP contribution in [0.4, 0.5) is 0 Å². The Hall–Kier alpha value is -1.08. The maximum Gasteiger partial charge on any atom is 0.314 e. The van der Waals surface area contributed by atoms with Gasteiger partial charge < -0.3 is 14.4 Å². The molecular weight excluding hydrogens is 232 g/mol. The lowest BCUT2D eigenvalue weighted by atomic mass is 10.1. The summed E-state index contributed by atoms with van der Waals surface area (Å²) in [6, 6.07) is 0. The Labute approximate surface area is 97.4 Å². The fourth-order valence-electron chi connectivity index (χ4n) is 1.06. The number of rotatable bonds is 6. The molecule has 0 unspecified atom stereocenters. The zero-order chi connectivity index (χ0) is 12.2. The third-order valence-corrected chi connectivity index (χ3v) is 2.57. The zero-order valence-electron chi connectivity index (χ0n) is 9.39. The van der Waals surface area contributed by atoms with Crippen molar-refractivity contribution >= 4 is 17.7 Å². The lowest BCUT2D eigenvalue weighted by Crippen LogP contribution is -2.23. The molecule has 0 amide bonds. The van der Waals surface area contributed by atoms with Gasteiger partial charge in [-0.05, 0) is 20.8 Å². The first-order valence-corrected chi connectivity index (χ1v) is 5.77. The first-order chi connectivity index (χ1) is 7.45. The van der Waals surface area contributed by atoms with Crippen LogP contribution >= 0.6 is 11.8 Å². The first-order valence-electron chi connectivity index (χ1n) is 4.78. The zero-order valence-corrected chi connectivity index (χ0v) is 10.2. The van der Waals surface area contributed by atoms with Crippen LogP contribution in [-0.2, 0) is 15.1 Å². The minimum atomic E-state index is -0.922. The van der Waals surface area contributed by atoms with Gasteiger partial charge in [0.25, 0.3) is 5.22 Å². The van der Waals surface area contributed by atoms with Crippen LogP contribution in [0.5, 0.6) is 0 Å². The Morgan fingerprint density at radius 1 is 1.62 bits per heavy atom. The molecule has 0 radical (unpaired) electrons. The molecule has 0 aliphatic heterocycles. The normalized spacial score (nSPS) is 11.7. The van der Waals surface area contributed by atoms with E-state index in [-0.39, 0.29) is 11.0 Å². The van der Waals surface area contributed by atoms with E-state index in [1.165, 1.54) is 0 Å². The number of aromatic nitrogens is 2. The van der Waals surface area contributed by atoms with Crippen LogP contribution in [0.1, 0.15) is 26.6 Å². The summed E-state index contributed by atoms with van der Waals surface area (Å²) in [7, 11) is 0. The second-order valence-electron chi connectivity index (χ2n) is 3.51. The molecule has 0 spiro atoms. The number of ether oxygens (including phenoxy) is 1. The molecule has 16 heavy (non-hydrogen) atoms. The second-order valence-corrected chi connectivity index (χ2v) is 4.44. The predicted octanol–water partition coefficient (Wildman–Crippen LogP) is 1.52. The number of hydrogen-bond donors (Lipinski definition) is 1. The van der Waals surface area contributed by atoms with Gasteiger partial charge in [0, 0.05) is 6.61 Å². The average Bonchev–Trinajstić information content (AvgIpc) is 2.63. The molecule has 1 heterocycles. The second kappa shape index (κ2) is 5.31. The van der Waals surface area contributed by atoms with Gasteiger partial charge in [-0.15, -0.1) is 0 Å². The van der Waals surface area contributed by atoms with Crippen LogP contribution in [0.2, 0.25) is 0 Å². The minimum Gasteiger partial charge on any atom is -0.481 e. The van der Waals surface area contributed by atoms with Gasteiger partial charge in [0.15, 0.2) is 0 Å². The highest BCUT2D eigenvalue weighted by molar-refractivity contribution is 7.99.